The van der Waals surface area contributed by atoms with Crippen LogP contribution in [0.5, 0.6) is 0 Å². The molecule has 2 aromatic carbocycles. The molecule has 112 valence electrons. The number of hydrogen-bond acceptors (Lipinski definition) is 2. The third-order valence-electron chi connectivity index (χ3n) is 3.57. The third kappa shape index (κ3) is 3.28. The van der Waals surface area contributed by atoms with E-state index in [1.54, 1.807) is 36.4 Å². The fourth-order valence-electron chi connectivity index (χ4n) is 2.49. The number of nitrogens with one attached hydrogen (secondary N) is 2. The Hall–Kier alpha value is -2.33. The molecule has 4 nitrogen and oxygen atoms in total. The normalized spacial score (nSPS) is 13.8. The third-order valence-corrected chi connectivity index (χ3v) is 3.81. The maximum atomic E-state index is 12.3. The van der Waals surface area contributed by atoms with Gasteiger partial charge in [0.05, 0.1) is 0 Å². The number of rotatable bonds is 2. The summed E-state index contributed by atoms with van der Waals surface area (Å²) in [6.45, 7) is 0. The van der Waals surface area contributed by atoms with Gasteiger partial charge in [0.2, 0.25) is 5.91 Å². The molecule has 0 aliphatic carbocycles. The summed E-state index contributed by atoms with van der Waals surface area (Å²) < 4.78 is 0. The van der Waals surface area contributed by atoms with Gasteiger partial charge in [-0.3, -0.25) is 9.59 Å². The molecule has 5 heteroatoms. The summed E-state index contributed by atoms with van der Waals surface area (Å²) in [7, 11) is 0. The SMILES string of the molecule is O=C1CCCc2cc(C(=O)Nc3cccc(Cl)c3)ccc2N1. The molecule has 0 bridgehead atoms. The van der Waals surface area contributed by atoms with Crippen LogP contribution in [0.3, 0.4) is 0 Å². The summed E-state index contributed by atoms with van der Waals surface area (Å²) in [6, 6.07) is 12.3. The first-order valence-corrected chi connectivity index (χ1v) is 7.49. The zero-order valence-corrected chi connectivity index (χ0v) is 12.6. The first-order chi connectivity index (χ1) is 10.6. The molecular weight excluding hydrogens is 300 g/mol. The summed E-state index contributed by atoms with van der Waals surface area (Å²) in [5.74, 6) is -0.171. The number of hydrogen-bond donors (Lipinski definition) is 2. The van der Waals surface area contributed by atoms with Crippen molar-refractivity contribution in [3.8, 4) is 0 Å². The van der Waals surface area contributed by atoms with Crippen molar-refractivity contribution >= 4 is 34.8 Å². The standard InChI is InChI=1S/C17H15ClN2O2/c18-13-4-2-5-14(10-13)19-17(22)12-7-8-15-11(9-12)3-1-6-16(21)20-15/h2,4-5,7-10H,1,3,6H2,(H,19,22)(H,20,21). The lowest BCUT2D eigenvalue weighted by Gasteiger charge is -2.10. The fourth-order valence-corrected chi connectivity index (χ4v) is 2.68. The van der Waals surface area contributed by atoms with Crippen LogP contribution in [0.25, 0.3) is 0 Å². The second kappa shape index (κ2) is 6.20. The van der Waals surface area contributed by atoms with Crippen molar-refractivity contribution in [2.75, 3.05) is 10.6 Å². The Labute approximate surface area is 133 Å². The highest BCUT2D eigenvalue weighted by atomic mass is 35.5. The van der Waals surface area contributed by atoms with Crippen LogP contribution in [0.2, 0.25) is 5.02 Å². The van der Waals surface area contributed by atoms with Gasteiger partial charge >= 0.3 is 0 Å². The van der Waals surface area contributed by atoms with Gasteiger partial charge in [-0.2, -0.15) is 0 Å². The van der Waals surface area contributed by atoms with Crippen LogP contribution in [-0.4, -0.2) is 11.8 Å². The smallest absolute Gasteiger partial charge is 0.255 e. The van der Waals surface area contributed by atoms with Gasteiger partial charge in [0.15, 0.2) is 0 Å². The van der Waals surface area contributed by atoms with E-state index >= 15 is 0 Å². The molecule has 0 unspecified atom stereocenters. The van der Waals surface area contributed by atoms with E-state index in [0.29, 0.717) is 22.7 Å². The van der Waals surface area contributed by atoms with Crippen molar-refractivity contribution in [2.45, 2.75) is 19.3 Å². The largest absolute Gasteiger partial charge is 0.326 e. The van der Waals surface area contributed by atoms with Gasteiger partial charge in [0.1, 0.15) is 0 Å². The molecule has 2 N–H and O–H groups in total. The molecule has 0 saturated heterocycles. The molecule has 1 aliphatic rings. The highest BCUT2D eigenvalue weighted by Crippen LogP contribution is 2.24. The Morgan fingerprint density at radius 1 is 1.14 bits per heavy atom. The molecule has 0 radical (unpaired) electrons. The molecule has 1 heterocycles. The fraction of sp³-hybridized carbons (Fsp3) is 0.176. The highest BCUT2D eigenvalue weighted by Gasteiger charge is 2.15. The summed E-state index contributed by atoms with van der Waals surface area (Å²) in [6.07, 6.45) is 2.09. The van der Waals surface area contributed by atoms with Crippen molar-refractivity contribution in [1.29, 1.82) is 0 Å². The topological polar surface area (TPSA) is 58.2 Å². The van der Waals surface area contributed by atoms with Crippen LogP contribution in [-0.2, 0) is 11.2 Å². The van der Waals surface area contributed by atoms with Crippen LogP contribution in [0, 0.1) is 0 Å². The van der Waals surface area contributed by atoms with Gasteiger partial charge < -0.3 is 10.6 Å². The number of fused-ring (bicyclic) bond motifs is 1. The number of benzene rings is 2. The lowest BCUT2D eigenvalue weighted by Crippen LogP contribution is -2.13. The number of amides is 2. The number of carbonyl (C=O) groups is 2. The summed E-state index contributed by atoms with van der Waals surface area (Å²) in [4.78, 5) is 23.9. The molecule has 0 atom stereocenters. The summed E-state index contributed by atoms with van der Waals surface area (Å²) in [5, 5.41) is 6.25. The molecule has 3 rings (SSSR count). The lowest BCUT2D eigenvalue weighted by molar-refractivity contribution is -0.116. The lowest BCUT2D eigenvalue weighted by atomic mass is 10.0. The van der Waals surface area contributed by atoms with Crippen molar-refractivity contribution in [1.82, 2.24) is 0 Å². The van der Waals surface area contributed by atoms with Crippen LogP contribution in [0.15, 0.2) is 42.5 Å². The van der Waals surface area contributed by atoms with E-state index in [4.69, 9.17) is 11.6 Å². The maximum Gasteiger partial charge on any atom is 0.255 e. The highest BCUT2D eigenvalue weighted by molar-refractivity contribution is 6.31. The van der Waals surface area contributed by atoms with Gasteiger partial charge in [-0.05, 0) is 54.8 Å². The zero-order valence-electron chi connectivity index (χ0n) is 11.9. The average Bonchev–Trinajstić information content (AvgIpc) is 2.67. The van der Waals surface area contributed by atoms with Crippen molar-refractivity contribution < 1.29 is 9.59 Å². The Bertz CT molecular complexity index is 743. The minimum Gasteiger partial charge on any atom is -0.326 e. The quantitative estimate of drug-likeness (QED) is 0.884. The van der Waals surface area contributed by atoms with Gasteiger partial charge in [-0.15, -0.1) is 0 Å². The monoisotopic (exact) mass is 314 g/mol. The van der Waals surface area contributed by atoms with E-state index < -0.39 is 0 Å². The first-order valence-electron chi connectivity index (χ1n) is 7.11. The van der Waals surface area contributed by atoms with Crippen LogP contribution in [0.4, 0.5) is 11.4 Å². The summed E-state index contributed by atoms with van der Waals surface area (Å²) in [5.41, 5.74) is 3.00. The number of carbonyl (C=O) groups excluding carboxylic acids is 2. The Morgan fingerprint density at radius 3 is 2.82 bits per heavy atom. The van der Waals surface area contributed by atoms with Crippen molar-refractivity contribution in [3.05, 3.63) is 58.6 Å². The van der Waals surface area contributed by atoms with E-state index in [9.17, 15) is 9.59 Å². The average molecular weight is 315 g/mol. The molecule has 0 fully saturated rings. The number of halogens is 1. The van der Waals surface area contributed by atoms with Crippen molar-refractivity contribution in [3.63, 3.8) is 0 Å². The molecule has 1 aliphatic heterocycles. The molecule has 2 aromatic rings. The minimum absolute atomic E-state index is 0.0230. The van der Waals surface area contributed by atoms with E-state index in [2.05, 4.69) is 10.6 Å². The predicted molar refractivity (Wildman–Crippen MR) is 87.4 cm³/mol. The molecule has 0 saturated carbocycles. The van der Waals surface area contributed by atoms with Crippen LogP contribution >= 0.6 is 11.6 Å². The van der Waals surface area contributed by atoms with Crippen LogP contribution in [0.1, 0.15) is 28.8 Å². The van der Waals surface area contributed by atoms with E-state index in [1.807, 2.05) is 6.07 Å². The van der Waals surface area contributed by atoms with Crippen LogP contribution < -0.4 is 10.6 Å². The Kier molecular flexibility index (Phi) is 4.11. The minimum atomic E-state index is -0.194. The molecule has 0 aromatic heterocycles. The van der Waals surface area contributed by atoms with E-state index in [-0.39, 0.29) is 11.8 Å². The molecule has 22 heavy (non-hydrogen) atoms. The van der Waals surface area contributed by atoms with Gasteiger partial charge in [-0.25, -0.2) is 0 Å². The molecule has 0 spiro atoms. The number of aryl methyl sites for hydroxylation is 1. The van der Waals surface area contributed by atoms with Crippen molar-refractivity contribution in [2.24, 2.45) is 0 Å². The molecule has 2 amide bonds. The Balaban J connectivity index is 1.81. The summed E-state index contributed by atoms with van der Waals surface area (Å²) >= 11 is 5.91. The molecular formula is C17H15ClN2O2. The second-order valence-corrected chi connectivity index (χ2v) is 5.67. The van der Waals surface area contributed by atoms with Gasteiger partial charge in [-0.1, -0.05) is 17.7 Å². The van der Waals surface area contributed by atoms with Gasteiger partial charge in [0.25, 0.3) is 5.91 Å². The first kappa shape index (κ1) is 14.6. The predicted octanol–water partition coefficient (Wildman–Crippen LogP) is 3.87. The number of anilines is 2. The Morgan fingerprint density at radius 2 is 2.00 bits per heavy atom. The van der Waals surface area contributed by atoms with E-state index in [0.717, 1.165) is 24.1 Å². The van der Waals surface area contributed by atoms with E-state index in [1.165, 1.54) is 0 Å². The second-order valence-electron chi connectivity index (χ2n) is 5.24. The van der Waals surface area contributed by atoms with Gasteiger partial charge in [0, 0.05) is 28.4 Å². The zero-order chi connectivity index (χ0) is 15.5. The maximum absolute atomic E-state index is 12.3.